The summed E-state index contributed by atoms with van der Waals surface area (Å²) in [6, 6.07) is 12.2. The summed E-state index contributed by atoms with van der Waals surface area (Å²) in [4.78, 5) is 35.9. The molecule has 3 aromatic heterocycles. The van der Waals surface area contributed by atoms with Crippen LogP contribution in [0.25, 0.3) is 21.8 Å². The lowest BCUT2D eigenvalue weighted by Crippen LogP contribution is -2.24. The average molecular weight is 675 g/mol. The number of alkyl halides is 6. The van der Waals surface area contributed by atoms with E-state index in [-0.39, 0.29) is 52.1 Å². The number of phenolic OH excluding ortho intramolecular Hbond substituents is 1. The minimum atomic E-state index is -4.69. The minimum absolute atomic E-state index is 0.0760. The summed E-state index contributed by atoms with van der Waals surface area (Å²) in [7, 11) is 1.30. The van der Waals surface area contributed by atoms with Gasteiger partial charge in [-0.15, -0.1) is 0 Å². The zero-order valence-corrected chi connectivity index (χ0v) is 25.9. The van der Waals surface area contributed by atoms with Crippen LogP contribution in [0.15, 0.2) is 60.8 Å². The summed E-state index contributed by atoms with van der Waals surface area (Å²) in [5, 5.41) is 12.5. The number of methoxy groups -OCH3 is 1. The van der Waals surface area contributed by atoms with Gasteiger partial charge in [0.15, 0.2) is 0 Å². The molecule has 0 atom stereocenters. The molecule has 0 unspecified atom stereocenters. The molecule has 0 saturated heterocycles. The standard InChI is InChI=1S/C19H16F3N3O2.C14H12F3NO3/c1-11-7-16(18(26)24-10-12-5-3-4-6-23-12)25-17-14(11)8-13(27-2)9-15(17)19(20,21)22;1-3-21-13(20)11-4-7(2)9-5-8(19)6-10(12(9)18-11)14(15,16)17/h3-9H,10H2,1-2H3,(H,24,26);4-6,19H,3H2,1-2H3. The van der Waals surface area contributed by atoms with Crippen molar-refractivity contribution in [1.82, 2.24) is 20.3 Å². The third-order valence-electron chi connectivity index (χ3n) is 6.92. The van der Waals surface area contributed by atoms with Crippen LogP contribution in [0.2, 0.25) is 0 Å². The number of pyridine rings is 3. The summed E-state index contributed by atoms with van der Waals surface area (Å²) >= 11 is 0. The summed E-state index contributed by atoms with van der Waals surface area (Å²) in [5.74, 6) is -1.80. The lowest BCUT2D eigenvalue weighted by molar-refractivity contribution is -0.137. The fourth-order valence-corrected chi connectivity index (χ4v) is 4.68. The zero-order valence-electron chi connectivity index (χ0n) is 25.9. The van der Waals surface area contributed by atoms with Crippen molar-refractivity contribution < 1.29 is 50.5 Å². The highest BCUT2D eigenvalue weighted by Crippen LogP contribution is 2.39. The van der Waals surface area contributed by atoms with Gasteiger partial charge < -0.3 is 19.9 Å². The quantitative estimate of drug-likeness (QED) is 0.142. The lowest BCUT2D eigenvalue weighted by atomic mass is 10.0. The average Bonchev–Trinajstić information content (AvgIpc) is 3.03. The number of amides is 1. The van der Waals surface area contributed by atoms with Crippen LogP contribution in [0, 0.1) is 13.8 Å². The van der Waals surface area contributed by atoms with Crippen molar-refractivity contribution >= 4 is 33.7 Å². The molecule has 5 aromatic rings. The third kappa shape index (κ3) is 8.08. The first kappa shape index (κ1) is 35.4. The van der Waals surface area contributed by atoms with Crippen LogP contribution >= 0.6 is 0 Å². The monoisotopic (exact) mass is 674 g/mol. The number of halogens is 6. The van der Waals surface area contributed by atoms with E-state index in [1.165, 1.54) is 38.3 Å². The van der Waals surface area contributed by atoms with Crippen LogP contribution in [0.5, 0.6) is 11.5 Å². The van der Waals surface area contributed by atoms with Gasteiger partial charge in [0.1, 0.15) is 22.9 Å². The molecule has 48 heavy (non-hydrogen) atoms. The summed E-state index contributed by atoms with van der Waals surface area (Å²) in [6.07, 6.45) is -7.73. The molecule has 5 rings (SSSR count). The van der Waals surface area contributed by atoms with E-state index >= 15 is 0 Å². The largest absolute Gasteiger partial charge is 0.508 e. The number of hydrogen-bond acceptors (Lipinski definition) is 8. The molecule has 15 heteroatoms. The molecule has 2 N–H and O–H groups in total. The number of carbonyl (C=O) groups excluding carboxylic acids is 2. The van der Waals surface area contributed by atoms with Crippen molar-refractivity contribution in [2.45, 2.75) is 39.7 Å². The first-order chi connectivity index (χ1) is 22.5. The van der Waals surface area contributed by atoms with E-state index in [0.29, 0.717) is 22.9 Å². The van der Waals surface area contributed by atoms with Gasteiger partial charge >= 0.3 is 18.3 Å². The number of esters is 1. The van der Waals surface area contributed by atoms with Gasteiger partial charge in [-0.1, -0.05) is 6.07 Å². The van der Waals surface area contributed by atoms with Crippen LogP contribution in [0.3, 0.4) is 0 Å². The molecule has 0 aliphatic rings. The molecular weight excluding hydrogens is 646 g/mol. The van der Waals surface area contributed by atoms with Crippen molar-refractivity contribution in [3.63, 3.8) is 0 Å². The number of benzene rings is 2. The molecule has 0 bridgehead atoms. The Kier molecular flexibility index (Phi) is 10.4. The van der Waals surface area contributed by atoms with Gasteiger partial charge in [-0.3, -0.25) is 9.78 Å². The van der Waals surface area contributed by atoms with Gasteiger partial charge in [-0.05, 0) is 80.4 Å². The van der Waals surface area contributed by atoms with E-state index in [1.54, 1.807) is 38.2 Å². The minimum Gasteiger partial charge on any atom is -0.508 e. The van der Waals surface area contributed by atoms with Crippen LogP contribution in [0.1, 0.15) is 55.8 Å². The molecule has 0 fully saturated rings. The molecule has 0 saturated carbocycles. The Balaban J connectivity index is 0.000000224. The number of aryl methyl sites for hydroxylation is 2. The van der Waals surface area contributed by atoms with Gasteiger partial charge in [-0.2, -0.15) is 26.3 Å². The van der Waals surface area contributed by atoms with Crippen molar-refractivity contribution in [2.75, 3.05) is 13.7 Å². The highest BCUT2D eigenvalue weighted by atomic mass is 19.4. The number of nitrogens with zero attached hydrogens (tertiary/aromatic N) is 3. The van der Waals surface area contributed by atoms with Gasteiger partial charge in [-0.25, -0.2) is 14.8 Å². The Hall–Kier alpha value is -5.47. The second kappa shape index (κ2) is 14.1. The number of rotatable bonds is 6. The maximum Gasteiger partial charge on any atom is 0.418 e. The third-order valence-corrected chi connectivity index (χ3v) is 6.92. The number of aromatic nitrogens is 3. The first-order valence-electron chi connectivity index (χ1n) is 14.2. The topological polar surface area (TPSA) is 124 Å². The molecule has 0 aliphatic heterocycles. The maximum atomic E-state index is 13.5. The van der Waals surface area contributed by atoms with E-state index < -0.39 is 41.1 Å². The summed E-state index contributed by atoms with van der Waals surface area (Å²) in [5.41, 5.74) is -1.48. The Labute approximate surface area is 269 Å². The number of carbonyl (C=O) groups is 2. The number of ether oxygens (including phenoxy) is 2. The second-order valence-corrected chi connectivity index (χ2v) is 10.3. The summed E-state index contributed by atoms with van der Waals surface area (Å²) < 4.78 is 89.2. The SMILES string of the molecule is CCOC(=O)c1cc(C)c2cc(O)cc(C(F)(F)F)c2n1.COc1cc(C(F)(F)F)c2nc(C(=O)NCc3ccccn3)cc(C)c2c1. The zero-order chi connectivity index (χ0) is 35.4. The van der Waals surface area contributed by atoms with Gasteiger partial charge in [0, 0.05) is 17.0 Å². The van der Waals surface area contributed by atoms with E-state index in [4.69, 9.17) is 9.47 Å². The molecule has 9 nitrogen and oxygen atoms in total. The number of phenols is 1. The molecule has 0 aliphatic carbocycles. The van der Waals surface area contributed by atoms with E-state index in [9.17, 15) is 41.0 Å². The predicted octanol–water partition coefficient (Wildman–Crippen LogP) is 7.34. The van der Waals surface area contributed by atoms with Crippen LogP contribution in [0.4, 0.5) is 26.3 Å². The molecule has 0 spiro atoms. The number of hydrogen-bond donors (Lipinski definition) is 2. The second-order valence-electron chi connectivity index (χ2n) is 10.3. The van der Waals surface area contributed by atoms with Gasteiger partial charge in [0.25, 0.3) is 5.91 Å². The Morgan fingerprint density at radius 2 is 1.42 bits per heavy atom. The van der Waals surface area contributed by atoms with Gasteiger partial charge in [0.2, 0.25) is 0 Å². The molecule has 1 amide bonds. The number of aromatic hydroxyl groups is 1. The highest BCUT2D eigenvalue weighted by Gasteiger charge is 2.36. The van der Waals surface area contributed by atoms with Crippen LogP contribution in [-0.4, -0.2) is 45.7 Å². The van der Waals surface area contributed by atoms with Crippen LogP contribution < -0.4 is 10.1 Å². The number of nitrogens with one attached hydrogen (secondary N) is 1. The Bertz CT molecular complexity index is 1980. The first-order valence-corrected chi connectivity index (χ1v) is 14.2. The summed E-state index contributed by atoms with van der Waals surface area (Å²) in [6.45, 7) is 4.99. The highest BCUT2D eigenvalue weighted by molar-refractivity contribution is 5.97. The Morgan fingerprint density at radius 3 is 1.98 bits per heavy atom. The van der Waals surface area contributed by atoms with Crippen molar-refractivity contribution in [1.29, 1.82) is 0 Å². The smallest absolute Gasteiger partial charge is 0.418 e. The van der Waals surface area contributed by atoms with Gasteiger partial charge in [0.05, 0.1) is 48.1 Å². The van der Waals surface area contributed by atoms with E-state index in [1.807, 2.05) is 0 Å². The molecule has 3 heterocycles. The normalized spacial score (nSPS) is 11.5. The van der Waals surface area contributed by atoms with E-state index in [2.05, 4.69) is 20.3 Å². The molecule has 252 valence electrons. The molecule has 2 aromatic carbocycles. The lowest BCUT2D eigenvalue weighted by Gasteiger charge is -2.14. The van der Waals surface area contributed by atoms with E-state index in [0.717, 1.165) is 6.07 Å². The van der Waals surface area contributed by atoms with Crippen molar-refractivity contribution in [3.05, 3.63) is 100 Å². The maximum absolute atomic E-state index is 13.5. The Morgan fingerprint density at radius 1 is 0.833 bits per heavy atom. The van der Waals surface area contributed by atoms with Crippen LogP contribution in [-0.2, 0) is 23.6 Å². The fourth-order valence-electron chi connectivity index (χ4n) is 4.68. The molecular formula is C33H28F6N4O5. The molecule has 0 radical (unpaired) electrons. The predicted molar refractivity (Wildman–Crippen MR) is 163 cm³/mol. The van der Waals surface area contributed by atoms with Crippen molar-refractivity contribution in [3.8, 4) is 11.5 Å². The fraction of sp³-hybridized carbons (Fsp3) is 0.242. The number of fused-ring (bicyclic) bond motifs is 2. The van der Waals surface area contributed by atoms with Crippen molar-refractivity contribution in [2.24, 2.45) is 0 Å².